The van der Waals surface area contributed by atoms with Crippen LogP contribution in [0.1, 0.15) is 10.4 Å². The molecule has 0 saturated carbocycles. The number of carbonyl (C=O) groups is 1. The van der Waals surface area contributed by atoms with Gasteiger partial charge in [-0.05, 0) is 46.3 Å². The molecule has 0 saturated heterocycles. The van der Waals surface area contributed by atoms with Crippen molar-refractivity contribution in [2.45, 2.75) is 4.90 Å². The summed E-state index contributed by atoms with van der Waals surface area (Å²) in [5.41, 5.74) is 0.560. The zero-order chi connectivity index (χ0) is 13.1. The minimum absolute atomic E-state index is 0.0294. The summed E-state index contributed by atoms with van der Waals surface area (Å²) in [5, 5.41) is 2.63. The summed E-state index contributed by atoms with van der Waals surface area (Å²) >= 11 is 7.39. The highest BCUT2D eigenvalue weighted by Gasteiger charge is 2.13. The molecule has 0 aliphatic carbocycles. The Kier molecular flexibility index (Phi) is 4.04. The van der Waals surface area contributed by atoms with Crippen LogP contribution in [-0.2, 0) is 0 Å². The molecule has 1 amide bonds. The largest absolute Gasteiger partial charge is 0.321 e. The van der Waals surface area contributed by atoms with Gasteiger partial charge in [0.1, 0.15) is 5.82 Å². The van der Waals surface area contributed by atoms with E-state index in [1.54, 1.807) is 18.2 Å². The molecule has 0 atom stereocenters. The Hall–Kier alpha value is -1.33. The van der Waals surface area contributed by atoms with Gasteiger partial charge in [0.15, 0.2) is 0 Å². The van der Waals surface area contributed by atoms with Crippen LogP contribution >= 0.6 is 28.6 Å². The van der Waals surface area contributed by atoms with E-state index in [9.17, 15) is 9.18 Å². The van der Waals surface area contributed by atoms with E-state index in [0.29, 0.717) is 10.6 Å². The number of benzene rings is 2. The molecule has 92 valence electrons. The summed E-state index contributed by atoms with van der Waals surface area (Å²) in [6.07, 6.45) is 0. The van der Waals surface area contributed by atoms with Gasteiger partial charge in [0.05, 0.1) is 11.3 Å². The molecule has 0 heterocycles. The quantitative estimate of drug-likeness (QED) is 0.799. The van der Waals surface area contributed by atoms with Crippen LogP contribution in [-0.4, -0.2) is 5.91 Å². The number of para-hydroxylation sites is 1. The molecule has 0 bridgehead atoms. The number of rotatable bonds is 2. The number of amides is 1. The molecular weight excluding hydrogens is 317 g/mol. The molecule has 18 heavy (non-hydrogen) atoms. The third-order valence-electron chi connectivity index (χ3n) is 2.32. The van der Waals surface area contributed by atoms with Crippen LogP contribution < -0.4 is 5.32 Å². The van der Waals surface area contributed by atoms with E-state index in [-0.39, 0.29) is 5.56 Å². The van der Waals surface area contributed by atoms with E-state index in [2.05, 4.69) is 33.9 Å². The molecule has 2 aromatic rings. The van der Waals surface area contributed by atoms with E-state index in [4.69, 9.17) is 0 Å². The Balaban J connectivity index is 2.28. The zero-order valence-electron chi connectivity index (χ0n) is 9.15. The van der Waals surface area contributed by atoms with E-state index in [0.717, 1.165) is 4.47 Å². The first-order valence-electron chi connectivity index (χ1n) is 5.12. The van der Waals surface area contributed by atoms with Crippen LogP contribution in [0.4, 0.5) is 10.1 Å². The second-order valence-electron chi connectivity index (χ2n) is 3.60. The third-order valence-corrected chi connectivity index (χ3v) is 3.29. The number of hydrogen-bond acceptors (Lipinski definition) is 2. The number of thiol groups is 1. The number of nitrogens with one attached hydrogen (secondary N) is 1. The van der Waals surface area contributed by atoms with Crippen molar-refractivity contribution in [1.29, 1.82) is 0 Å². The summed E-state index contributed by atoms with van der Waals surface area (Å²) in [5.74, 6) is -1.08. The number of carbonyl (C=O) groups excluding carboxylic acids is 1. The normalized spacial score (nSPS) is 10.2. The SMILES string of the molecule is O=C(Nc1ccccc1Br)c1cc(S)ccc1F. The molecule has 2 aromatic carbocycles. The van der Waals surface area contributed by atoms with Crippen LogP contribution in [0.2, 0.25) is 0 Å². The summed E-state index contributed by atoms with van der Waals surface area (Å²) in [6.45, 7) is 0. The zero-order valence-corrected chi connectivity index (χ0v) is 11.6. The predicted octanol–water partition coefficient (Wildman–Crippen LogP) is 4.13. The Morgan fingerprint density at radius 1 is 1.22 bits per heavy atom. The summed E-state index contributed by atoms with van der Waals surface area (Å²) in [6, 6.07) is 11.2. The third kappa shape index (κ3) is 2.91. The van der Waals surface area contributed by atoms with Gasteiger partial charge >= 0.3 is 0 Å². The number of anilines is 1. The molecule has 2 rings (SSSR count). The highest BCUT2D eigenvalue weighted by molar-refractivity contribution is 9.10. The van der Waals surface area contributed by atoms with E-state index < -0.39 is 11.7 Å². The van der Waals surface area contributed by atoms with Gasteiger partial charge in [0.25, 0.3) is 5.91 Å². The van der Waals surface area contributed by atoms with Gasteiger partial charge in [-0.1, -0.05) is 12.1 Å². The molecular formula is C13H9BrFNOS. The molecule has 0 unspecified atom stereocenters. The van der Waals surface area contributed by atoms with Crippen LogP contribution in [0.25, 0.3) is 0 Å². The fraction of sp³-hybridized carbons (Fsp3) is 0. The first kappa shape index (κ1) is 13.1. The average molecular weight is 326 g/mol. The maximum atomic E-state index is 13.5. The standard InChI is InChI=1S/C13H9BrFNOS/c14-10-3-1-2-4-12(10)16-13(17)9-7-8(18)5-6-11(9)15/h1-7,18H,(H,16,17). The second kappa shape index (κ2) is 5.54. The molecule has 2 nitrogen and oxygen atoms in total. The van der Waals surface area contributed by atoms with Crippen molar-refractivity contribution in [1.82, 2.24) is 0 Å². The van der Waals surface area contributed by atoms with Crippen LogP contribution in [0.5, 0.6) is 0 Å². The topological polar surface area (TPSA) is 29.1 Å². The Morgan fingerprint density at radius 3 is 2.67 bits per heavy atom. The van der Waals surface area contributed by atoms with Gasteiger partial charge < -0.3 is 5.32 Å². The van der Waals surface area contributed by atoms with E-state index >= 15 is 0 Å². The van der Waals surface area contributed by atoms with Crippen molar-refractivity contribution in [3.63, 3.8) is 0 Å². The highest BCUT2D eigenvalue weighted by Crippen LogP contribution is 2.22. The van der Waals surface area contributed by atoms with Gasteiger partial charge in [-0.2, -0.15) is 0 Å². The van der Waals surface area contributed by atoms with Crippen molar-refractivity contribution in [2.75, 3.05) is 5.32 Å². The molecule has 1 N–H and O–H groups in total. The highest BCUT2D eigenvalue weighted by atomic mass is 79.9. The second-order valence-corrected chi connectivity index (χ2v) is 4.97. The monoisotopic (exact) mass is 325 g/mol. The van der Waals surface area contributed by atoms with Crippen LogP contribution in [0.15, 0.2) is 51.8 Å². The average Bonchev–Trinajstić information content (AvgIpc) is 2.35. The van der Waals surface area contributed by atoms with E-state index in [1.807, 2.05) is 6.07 Å². The fourth-order valence-electron chi connectivity index (χ4n) is 1.44. The smallest absolute Gasteiger partial charge is 0.258 e. The van der Waals surface area contributed by atoms with Crippen molar-refractivity contribution in [2.24, 2.45) is 0 Å². The van der Waals surface area contributed by atoms with Gasteiger partial charge in [-0.15, -0.1) is 12.6 Å². The molecule has 0 aromatic heterocycles. The summed E-state index contributed by atoms with van der Waals surface area (Å²) in [4.78, 5) is 12.5. The number of halogens is 2. The molecule has 0 aliphatic heterocycles. The number of hydrogen-bond donors (Lipinski definition) is 2. The Morgan fingerprint density at radius 2 is 1.94 bits per heavy atom. The predicted molar refractivity (Wildman–Crippen MR) is 75.7 cm³/mol. The molecule has 0 spiro atoms. The molecule has 0 aliphatic rings. The van der Waals surface area contributed by atoms with Crippen molar-refractivity contribution < 1.29 is 9.18 Å². The first-order chi connectivity index (χ1) is 8.58. The van der Waals surface area contributed by atoms with Gasteiger partial charge in [0.2, 0.25) is 0 Å². The summed E-state index contributed by atoms with van der Waals surface area (Å²) in [7, 11) is 0. The molecule has 5 heteroatoms. The lowest BCUT2D eigenvalue weighted by Gasteiger charge is -2.08. The van der Waals surface area contributed by atoms with Crippen molar-refractivity contribution in [3.8, 4) is 0 Å². The molecule has 0 radical (unpaired) electrons. The van der Waals surface area contributed by atoms with Crippen molar-refractivity contribution in [3.05, 3.63) is 58.3 Å². The minimum Gasteiger partial charge on any atom is -0.321 e. The minimum atomic E-state index is -0.572. The van der Waals surface area contributed by atoms with E-state index in [1.165, 1.54) is 18.2 Å². The first-order valence-corrected chi connectivity index (χ1v) is 6.36. The lowest BCUT2D eigenvalue weighted by molar-refractivity contribution is 0.102. The van der Waals surface area contributed by atoms with Crippen molar-refractivity contribution >= 4 is 40.2 Å². The maximum Gasteiger partial charge on any atom is 0.258 e. The summed E-state index contributed by atoms with van der Waals surface area (Å²) < 4.78 is 14.3. The van der Waals surface area contributed by atoms with Gasteiger partial charge in [-0.25, -0.2) is 4.39 Å². The lowest BCUT2D eigenvalue weighted by Crippen LogP contribution is -2.14. The fourth-order valence-corrected chi connectivity index (χ4v) is 2.03. The molecule has 0 fully saturated rings. The lowest BCUT2D eigenvalue weighted by atomic mass is 10.2. The maximum absolute atomic E-state index is 13.5. The van der Waals surface area contributed by atoms with Crippen LogP contribution in [0.3, 0.4) is 0 Å². The van der Waals surface area contributed by atoms with Gasteiger partial charge in [0, 0.05) is 9.37 Å². The van der Waals surface area contributed by atoms with Crippen LogP contribution in [0, 0.1) is 5.82 Å². The Bertz CT molecular complexity index is 603. The Labute approximate surface area is 118 Å². The van der Waals surface area contributed by atoms with Gasteiger partial charge in [-0.3, -0.25) is 4.79 Å².